The summed E-state index contributed by atoms with van der Waals surface area (Å²) < 4.78 is 8.37. The third kappa shape index (κ3) is 3.53. The van der Waals surface area contributed by atoms with E-state index in [0.717, 1.165) is 27.0 Å². The molecule has 1 aliphatic heterocycles. The van der Waals surface area contributed by atoms with Gasteiger partial charge in [0.15, 0.2) is 11.5 Å². The zero-order valence-corrected chi connectivity index (χ0v) is 18.6. The van der Waals surface area contributed by atoms with Crippen LogP contribution in [-0.4, -0.2) is 38.1 Å². The van der Waals surface area contributed by atoms with Crippen molar-refractivity contribution in [1.29, 1.82) is 0 Å². The Morgan fingerprint density at radius 2 is 2.13 bits per heavy atom. The van der Waals surface area contributed by atoms with Crippen LogP contribution in [0.15, 0.2) is 42.5 Å². The molecule has 0 fully saturated rings. The summed E-state index contributed by atoms with van der Waals surface area (Å²) in [5.74, 6) is 1.40. The van der Waals surface area contributed by atoms with Crippen LogP contribution in [-0.2, 0) is 4.79 Å². The third-order valence-electron chi connectivity index (χ3n) is 5.06. The maximum atomic E-state index is 12.6. The van der Waals surface area contributed by atoms with Gasteiger partial charge in [0, 0.05) is 5.56 Å². The molecule has 0 unspecified atom stereocenters. The molecule has 1 atom stereocenters. The van der Waals surface area contributed by atoms with Gasteiger partial charge in [0.05, 0.1) is 33.5 Å². The molecule has 0 saturated heterocycles. The van der Waals surface area contributed by atoms with Crippen molar-refractivity contribution in [3.8, 4) is 16.6 Å². The lowest BCUT2D eigenvalue weighted by Crippen LogP contribution is -2.15. The number of ether oxygens (including phenoxy) is 1. The van der Waals surface area contributed by atoms with E-state index in [9.17, 15) is 9.90 Å². The number of rotatable bonds is 4. The highest BCUT2D eigenvalue weighted by molar-refractivity contribution is 8.00. The summed E-state index contributed by atoms with van der Waals surface area (Å²) >= 11 is 3.06. The predicted octanol–water partition coefficient (Wildman–Crippen LogP) is 4.67. The van der Waals surface area contributed by atoms with Crippen molar-refractivity contribution < 1.29 is 14.6 Å². The summed E-state index contributed by atoms with van der Waals surface area (Å²) in [6.07, 6.45) is 0. The zero-order chi connectivity index (χ0) is 21.5. The minimum Gasteiger partial charge on any atom is -0.504 e. The van der Waals surface area contributed by atoms with Crippen LogP contribution in [0.3, 0.4) is 0 Å². The van der Waals surface area contributed by atoms with Gasteiger partial charge in [-0.15, -0.1) is 11.8 Å². The summed E-state index contributed by atoms with van der Waals surface area (Å²) in [4.78, 5) is 17.3. The van der Waals surface area contributed by atoms with Crippen LogP contribution in [0, 0.1) is 6.92 Å². The van der Waals surface area contributed by atoms with Crippen LogP contribution < -0.4 is 10.1 Å². The zero-order valence-electron chi connectivity index (χ0n) is 17.0. The molecule has 0 spiro atoms. The Morgan fingerprint density at radius 1 is 1.29 bits per heavy atom. The second-order valence-electron chi connectivity index (χ2n) is 7.12. The largest absolute Gasteiger partial charge is 0.504 e. The van der Waals surface area contributed by atoms with Crippen molar-refractivity contribution in [2.24, 2.45) is 0 Å². The summed E-state index contributed by atoms with van der Waals surface area (Å²) in [5, 5.41) is 18.5. The van der Waals surface area contributed by atoms with Crippen molar-refractivity contribution in [1.82, 2.24) is 14.8 Å². The molecule has 0 bridgehead atoms. The van der Waals surface area contributed by atoms with E-state index >= 15 is 0 Å². The smallest absolute Gasteiger partial charge is 0.235 e. The molecular formula is C22H20N4O3S2. The molecule has 7 nitrogen and oxygen atoms in total. The van der Waals surface area contributed by atoms with Crippen molar-refractivity contribution in [2.75, 3.05) is 17.7 Å². The molecule has 31 heavy (non-hydrogen) atoms. The number of hydrogen-bond acceptors (Lipinski definition) is 7. The van der Waals surface area contributed by atoms with Crippen LogP contribution in [0.1, 0.15) is 29.0 Å². The first-order chi connectivity index (χ1) is 15.0. The van der Waals surface area contributed by atoms with E-state index in [0.29, 0.717) is 29.1 Å². The lowest BCUT2D eigenvalue weighted by Gasteiger charge is -2.17. The minimum absolute atomic E-state index is 0.0835. The topological polar surface area (TPSA) is 89.3 Å². The first kappa shape index (κ1) is 19.9. The van der Waals surface area contributed by atoms with Crippen molar-refractivity contribution in [3.63, 3.8) is 0 Å². The number of carbonyl (C=O) groups excluding carboxylic acids is 1. The SMILES string of the molecule is CCOc1cc([C@H]2SCC(=O)Nc3c2c(C)nn3-c2nc3ccccc3s2)ccc1O. The molecule has 9 heteroatoms. The number of amides is 1. The Morgan fingerprint density at radius 3 is 2.94 bits per heavy atom. The lowest BCUT2D eigenvalue weighted by molar-refractivity contribution is -0.113. The highest BCUT2D eigenvalue weighted by Crippen LogP contribution is 2.45. The lowest BCUT2D eigenvalue weighted by atomic mass is 10.0. The predicted molar refractivity (Wildman–Crippen MR) is 124 cm³/mol. The molecule has 0 radical (unpaired) electrons. The molecule has 0 aliphatic carbocycles. The third-order valence-corrected chi connectivity index (χ3v) is 7.34. The Bertz CT molecular complexity index is 1260. The molecule has 5 rings (SSSR count). The molecule has 2 aromatic carbocycles. The van der Waals surface area contributed by atoms with Gasteiger partial charge in [-0.05, 0) is 43.7 Å². The Balaban J connectivity index is 1.66. The van der Waals surface area contributed by atoms with Crippen LogP contribution in [0.4, 0.5) is 5.82 Å². The number of thioether (sulfide) groups is 1. The van der Waals surface area contributed by atoms with Gasteiger partial charge in [-0.3, -0.25) is 4.79 Å². The first-order valence-electron chi connectivity index (χ1n) is 9.87. The summed E-state index contributed by atoms with van der Waals surface area (Å²) in [7, 11) is 0. The van der Waals surface area contributed by atoms with E-state index in [-0.39, 0.29) is 16.9 Å². The minimum atomic E-state index is -0.142. The molecule has 3 heterocycles. The van der Waals surface area contributed by atoms with Crippen LogP contribution in [0.25, 0.3) is 15.3 Å². The van der Waals surface area contributed by atoms with Gasteiger partial charge in [0.1, 0.15) is 5.82 Å². The van der Waals surface area contributed by atoms with E-state index in [2.05, 4.69) is 5.32 Å². The quantitative estimate of drug-likeness (QED) is 0.468. The van der Waals surface area contributed by atoms with Crippen molar-refractivity contribution in [3.05, 3.63) is 59.3 Å². The average molecular weight is 453 g/mol. The Labute approximate surface area is 187 Å². The molecular weight excluding hydrogens is 432 g/mol. The number of fused-ring (bicyclic) bond motifs is 2. The van der Waals surface area contributed by atoms with Gasteiger partial charge in [-0.1, -0.05) is 29.5 Å². The van der Waals surface area contributed by atoms with Gasteiger partial charge < -0.3 is 15.2 Å². The Kier molecular flexibility index (Phi) is 5.07. The number of aromatic nitrogens is 3. The van der Waals surface area contributed by atoms with Gasteiger partial charge in [0.2, 0.25) is 11.0 Å². The standard InChI is InChI=1S/C22H20N4O3S2/c1-3-29-16-10-13(8-9-15(16)27)20-19-12(2)25-26(21(19)24-18(28)11-30-20)22-23-14-6-4-5-7-17(14)31-22/h4-10,20,27H,3,11H2,1-2H3,(H,24,28)/t20-/m1/s1. The van der Waals surface area contributed by atoms with Crippen molar-refractivity contribution in [2.45, 2.75) is 19.1 Å². The second kappa shape index (κ2) is 7.90. The number of aromatic hydroxyl groups is 1. The van der Waals surface area contributed by atoms with Gasteiger partial charge in [-0.25, -0.2) is 4.98 Å². The molecule has 2 N–H and O–H groups in total. The number of aryl methyl sites for hydroxylation is 1. The molecule has 2 aromatic heterocycles. The summed E-state index contributed by atoms with van der Waals surface area (Å²) in [6, 6.07) is 13.3. The number of nitrogens with zero attached hydrogens (tertiary/aromatic N) is 3. The first-order valence-corrected chi connectivity index (χ1v) is 11.7. The number of phenolic OH excluding ortho intramolecular Hbond substituents is 1. The van der Waals surface area contributed by atoms with Gasteiger partial charge in [-0.2, -0.15) is 9.78 Å². The average Bonchev–Trinajstić information content (AvgIpc) is 3.26. The number of hydrogen-bond donors (Lipinski definition) is 2. The summed E-state index contributed by atoms with van der Waals surface area (Å²) in [5.41, 5.74) is 3.59. The van der Waals surface area contributed by atoms with E-state index in [4.69, 9.17) is 14.8 Å². The van der Waals surface area contributed by atoms with Crippen LogP contribution in [0.2, 0.25) is 0 Å². The van der Waals surface area contributed by atoms with E-state index in [1.165, 1.54) is 23.1 Å². The van der Waals surface area contributed by atoms with Crippen LogP contribution in [0.5, 0.6) is 11.5 Å². The number of nitrogens with one attached hydrogen (secondary N) is 1. The second-order valence-corrected chi connectivity index (χ2v) is 9.23. The molecule has 1 amide bonds. The fraction of sp³-hybridized carbons (Fsp3) is 0.227. The van der Waals surface area contributed by atoms with Gasteiger partial charge in [0.25, 0.3) is 0 Å². The van der Waals surface area contributed by atoms with E-state index in [1.807, 2.05) is 50.2 Å². The molecule has 158 valence electrons. The molecule has 4 aromatic rings. The number of thiazole rings is 1. The van der Waals surface area contributed by atoms with Gasteiger partial charge >= 0.3 is 0 Å². The van der Waals surface area contributed by atoms with Crippen LogP contribution >= 0.6 is 23.1 Å². The fourth-order valence-corrected chi connectivity index (χ4v) is 5.80. The van der Waals surface area contributed by atoms with Crippen molar-refractivity contribution >= 4 is 45.0 Å². The number of para-hydroxylation sites is 1. The Hall–Kier alpha value is -3.04. The number of anilines is 1. The fourth-order valence-electron chi connectivity index (χ4n) is 3.70. The monoisotopic (exact) mass is 452 g/mol. The van der Waals surface area contributed by atoms with E-state index < -0.39 is 0 Å². The number of benzene rings is 2. The normalized spacial score (nSPS) is 16.1. The molecule has 1 aliphatic rings. The van der Waals surface area contributed by atoms with E-state index in [1.54, 1.807) is 10.7 Å². The number of carbonyl (C=O) groups is 1. The maximum Gasteiger partial charge on any atom is 0.235 e. The number of phenols is 1. The highest BCUT2D eigenvalue weighted by Gasteiger charge is 2.31. The highest BCUT2D eigenvalue weighted by atomic mass is 32.2. The summed E-state index contributed by atoms with van der Waals surface area (Å²) in [6.45, 7) is 4.27. The molecule has 0 saturated carbocycles. The maximum absolute atomic E-state index is 12.6.